The molecule has 1 rings (SSSR count). The number of rotatable bonds is 2. The highest BCUT2D eigenvalue weighted by Gasteiger charge is 2.07. The Morgan fingerprint density at radius 2 is 1.73 bits per heavy atom. The second-order valence-electron chi connectivity index (χ2n) is 3.65. The average molecular weight is 153 g/mol. The molecule has 0 spiro atoms. The van der Waals surface area contributed by atoms with Crippen LogP contribution in [0.4, 0.5) is 0 Å². The maximum atomic E-state index is 3.94. The Kier molecular flexibility index (Phi) is 3.64. The first-order valence-electron chi connectivity index (χ1n) is 4.66. The van der Waals surface area contributed by atoms with Gasteiger partial charge >= 0.3 is 0 Å². The highest BCUT2D eigenvalue weighted by molar-refractivity contribution is 4.91. The first-order chi connectivity index (χ1) is 5.29. The summed E-state index contributed by atoms with van der Waals surface area (Å²) in [4.78, 5) is 2.52. The van der Waals surface area contributed by atoms with Crippen molar-refractivity contribution in [2.75, 3.05) is 19.6 Å². The summed E-state index contributed by atoms with van der Waals surface area (Å²) < 4.78 is 0. The molecule has 1 nitrogen and oxygen atoms in total. The molecule has 11 heavy (non-hydrogen) atoms. The van der Waals surface area contributed by atoms with Gasteiger partial charge in [0.05, 0.1) is 0 Å². The van der Waals surface area contributed by atoms with Gasteiger partial charge in [-0.25, -0.2) is 0 Å². The zero-order valence-electron chi connectivity index (χ0n) is 7.60. The summed E-state index contributed by atoms with van der Waals surface area (Å²) in [7, 11) is 0. The van der Waals surface area contributed by atoms with Crippen LogP contribution >= 0.6 is 0 Å². The smallest absolute Gasteiger partial charge is 0.0187 e. The molecule has 1 heteroatoms. The van der Waals surface area contributed by atoms with E-state index in [0.717, 1.165) is 6.54 Å². The van der Waals surface area contributed by atoms with Crippen LogP contribution < -0.4 is 0 Å². The molecule has 0 aromatic heterocycles. The van der Waals surface area contributed by atoms with Crippen molar-refractivity contribution in [1.29, 1.82) is 0 Å². The van der Waals surface area contributed by atoms with E-state index < -0.39 is 0 Å². The van der Waals surface area contributed by atoms with Crippen molar-refractivity contribution >= 4 is 0 Å². The Bertz CT molecular complexity index is 121. The van der Waals surface area contributed by atoms with Crippen LogP contribution in [0, 0.1) is 0 Å². The van der Waals surface area contributed by atoms with E-state index in [2.05, 4.69) is 18.4 Å². The van der Waals surface area contributed by atoms with Crippen LogP contribution in [-0.4, -0.2) is 24.5 Å². The Hall–Kier alpha value is -0.300. The van der Waals surface area contributed by atoms with E-state index in [1.54, 1.807) is 0 Å². The molecule has 64 valence electrons. The van der Waals surface area contributed by atoms with Crippen LogP contribution in [0.15, 0.2) is 12.2 Å². The molecule has 0 atom stereocenters. The van der Waals surface area contributed by atoms with E-state index in [1.807, 2.05) is 0 Å². The summed E-state index contributed by atoms with van der Waals surface area (Å²) in [5.41, 5.74) is 1.30. The molecule has 0 unspecified atom stereocenters. The molecule has 0 bridgehead atoms. The van der Waals surface area contributed by atoms with Gasteiger partial charge in [-0.2, -0.15) is 0 Å². The second kappa shape index (κ2) is 4.55. The zero-order chi connectivity index (χ0) is 8.10. The summed E-state index contributed by atoms with van der Waals surface area (Å²) >= 11 is 0. The number of likely N-dealkylation sites (tertiary alicyclic amines) is 1. The average Bonchev–Trinajstić information content (AvgIpc) is 2.14. The highest BCUT2D eigenvalue weighted by Crippen LogP contribution is 2.10. The van der Waals surface area contributed by atoms with Gasteiger partial charge in [0.2, 0.25) is 0 Å². The highest BCUT2D eigenvalue weighted by atomic mass is 15.1. The molecule has 1 saturated heterocycles. The molecule has 0 N–H and O–H groups in total. The van der Waals surface area contributed by atoms with Crippen LogP contribution in [0.1, 0.15) is 32.6 Å². The van der Waals surface area contributed by atoms with E-state index in [9.17, 15) is 0 Å². The summed E-state index contributed by atoms with van der Waals surface area (Å²) in [5.74, 6) is 0. The lowest BCUT2D eigenvalue weighted by molar-refractivity contribution is 0.309. The number of nitrogens with zero attached hydrogens (tertiary/aromatic N) is 1. The molecule has 1 fully saturated rings. The first-order valence-corrected chi connectivity index (χ1v) is 4.66. The standard InChI is InChI=1S/C10H19N/c1-10(2)9-11-7-5-3-4-6-8-11/h1,3-9H2,2H3. The van der Waals surface area contributed by atoms with E-state index in [4.69, 9.17) is 0 Å². The minimum absolute atomic E-state index is 1.11. The molecule has 0 saturated carbocycles. The third-order valence-electron chi connectivity index (χ3n) is 2.19. The van der Waals surface area contributed by atoms with Gasteiger partial charge in [0.25, 0.3) is 0 Å². The Balaban J connectivity index is 2.25. The first kappa shape index (κ1) is 8.79. The maximum Gasteiger partial charge on any atom is 0.0187 e. The summed E-state index contributed by atoms with van der Waals surface area (Å²) in [6.07, 6.45) is 5.61. The number of hydrogen-bond acceptors (Lipinski definition) is 1. The molecule has 1 aliphatic rings. The Labute approximate surface area is 70.1 Å². The van der Waals surface area contributed by atoms with E-state index in [0.29, 0.717) is 0 Å². The van der Waals surface area contributed by atoms with Gasteiger partial charge in [-0.1, -0.05) is 25.0 Å². The van der Waals surface area contributed by atoms with Crippen molar-refractivity contribution in [1.82, 2.24) is 4.90 Å². The van der Waals surface area contributed by atoms with Gasteiger partial charge < -0.3 is 0 Å². The van der Waals surface area contributed by atoms with Gasteiger partial charge in [-0.05, 0) is 32.9 Å². The third kappa shape index (κ3) is 3.57. The third-order valence-corrected chi connectivity index (χ3v) is 2.19. The summed E-state index contributed by atoms with van der Waals surface area (Å²) in [6, 6.07) is 0. The molecule has 0 amide bonds. The van der Waals surface area contributed by atoms with E-state index in [1.165, 1.54) is 44.3 Å². The topological polar surface area (TPSA) is 3.24 Å². The Morgan fingerprint density at radius 3 is 2.18 bits per heavy atom. The molecule has 1 heterocycles. The SMILES string of the molecule is C=C(C)CN1CCCCCC1. The quantitative estimate of drug-likeness (QED) is 0.551. The molecule has 1 aliphatic heterocycles. The summed E-state index contributed by atoms with van der Waals surface area (Å²) in [5, 5.41) is 0. The summed E-state index contributed by atoms with van der Waals surface area (Å²) in [6.45, 7) is 9.73. The molecular weight excluding hydrogens is 134 g/mol. The molecule has 0 aliphatic carbocycles. The van der Waals surface area contributed by atoms with Crippen molar-refractivity contribution in [3.05, 3.63) is 12.2 Å². The van der Waals surface area contributed by atoms with Crippen molar-refractivity contribution in [3.63, 3.8) is 0 Å². The predicted molar refractivity (Wildman–Crippen MR) is 49.7 cm³/mol. The lowest BCUT2D eigenvalue weighted by atomic mass is 10.2. The fourth-order valence-electron chi connectivity index (χ4n) is 1.68. The zero-order valence-corrected chi connectivity index (χ0v) is 7.60. The van der Waals surface area contributed by atoms with Crippen LogP contribution in [0.5, 0.6) is 0 Å². The fraction of sp³-hybridized carbons (Fsp3) is 0.800. The van der Waals surface area contributed by atoms with Crippen molar-refractivity contribution < 1.29 is 0 Å². The van der Waals surface area contributed by atoms with Crippen LogP contribution in [-0.2, 0) is 0 Å². The largest absolute Gasteiger partial charge is 0.299 e. The monoisotopic (exact) mass is 153 g/mol. The van der Waals surface area contributed by atoms with E-state index in [-0.39, 0.29) is 0 Å². The minimum Gasteiger partial charge on any atom is -0.299 e. The van der Waals surface area contributed by atoms with Gasteiger partial charge in [-0.15, -0.1) is 0 Å². The van der Waals surface area contributed by atoms with Crippen molar-refractivity contribution in [2.45, 2.75) is 32.6 Å². The minimum atomic E-state index is 1.11. The maximum absolute atomic E-state index is 3.94. The predicted octanol–water partition coefficient (Wildman–Crippen LogP) is 2.44. The van der Waals surface area contributed by atoms with E-state index >= 15 is 0 Å². The molecule has 0 aromatic rings. The van der Waals surface area contributed by atoms with Crippen LogP contribution in [0.25, 0.3) is 0 Å². The van der Waals surface area contributed by atoms with Gasteiger partial charge in [0, 0.05) is 6.54 Å². The lowest BCUT2D eigenvalue weighted by Crippen LogP contribution is -2.25. The fourth-order valence-corrected chi connectivity index (χ4v) is 1.68. The normalized spacial score (nSPS) is 21.2. The molecule has 0 radical (unpaired) electrons. The van der Waals surface area contributed by atoms with Crippen molar-refractivity contribution in [3.8, 4) is 0 Å². The van der Waals surface area contributed by atoms with Gasteiger partial charge in [0.1, 0.15) is 0 Å². The van der Waals surface area contributed by atoms with Gasteiger partial charge in [0.15, 0.2) is 0 Å². The van der Waals surface area contributed by atoms with Crippen LogP contribution in [0.3, 0.4) is 0 Å². The molecular formula is C10H19N. The Morgan fingerprint density at radius 1 is 1.18 bits per heavy atom. The lowest BCUT2D eigenvalue weighted by Gasteiger charge is -2.19. The van der Waals surface area contributed by atoms with Crippen molar-refractivity contribution in [2.24, 2.45) is 0 Å². The second-order valence-corrected chi connectivity index (χ2v) is 3.65. The van der Waals surface area contributed by atoms with Crippen LogP contribution in [0.2, 0.25) is 0 Å². The number of hydrogen-bond donors (Lipinski definition) is 0. The van der Waals surface area contributed by atoms with Gasteiger partial charge in [-0.3, -0.25) is 4.90 Å². The molecule has 0 aromatic carbocycles.